The average molecular weight is 361 g/mol. The van der Waals surface area contributed by atoms with E-state index in [0.717, 1.165) is 17.2 Å². The van der Waals surface area contributed by atoms with Crippen molar-refractivity contribution in [2.45, 2.75) is 13.5 Å². The van der Waals surface area contributed by atoms with Gasteiger partial charge in [-0.3, -0.25) is 4.79 Å². The molecule has 4 rings (SSSR count). The molecule has 0 atom stereocenters. The number of fused-ring (bicyclic) bond motifs is 1. The van der Waals surface area contributed by atoms with Crippen molar-refractivity contribution in [1.29, 1.82) is 0 Å². The first-order valence-electron chi connectivity index (χ1n) is 8.33. The molecule has 0 N–H and O–H groups in total. The molecule has 0 bridgehead atoms. The minimum Gasteiger partial charge on any atom is -0.453 e. The van der Waals surface area contributed by atoms with Crippen molar-refractivity contribution in [1.82, 2.24) is 5.16 Å². The molecule has 27 heavy (non-hydrogen) atoms. The third-order valence-electron chi connectivity index (χ3n) is 4.05. The van der Waals surface area contributed by atoms with E-state index in [1.807, 2.05) is 37.3 Å². The highest BCUT2D eigenvalue weighted by molar-refractivity contribution is 5.89. The minimum atomic E-state index is -0.737. The fourth-order valence-electron chi connectivity index (χ4n) is 2.70. The van der Waals surface area contributed by atoms with E-state index < -0.39 is 5.97 Å². The van der Waals surface area contributed by atoms with Crippen molar-refractivity contribution in [3.63, 3.8) is 0 Å². The SMILES string of the molecule is Cc1ccc2oc(C(=O)OCc3cc(-c4ccccc4)on3)cc(=O)c2c1. The van der Waals surface area contributed by atoms with Crippen molar-refractivity contribution in [3.05, 3.63) is 87.9 Å². The van der Waals surface area contributed by atoms with Crippen molar-refractivity contribution in [2.24, 2.45) is 0 Å². The topological polar surface area (TPSA) is 82.5 Å². The maximum absolute atomic E-state index is 12.2. The Balaban J connectivity index is 1.50. The number of hydrogen-bond donors (Lipinski definition) is 0. The summed E-state index contributed by atoms with van der Waals surface area (Å²) < 4.78 is 16.0. The molecule has 2 aromatic heterocycles. The standard InChI is InChI=1S/C21H15NO5/c1-13-7-8-18-16(9-13)17(23)11-20(26-18)21(24)25-12-15-10-19(27-22-15)14-5-3-2-4-6-14/h2-11H,12H2,1H3. The van der Waals surface area contributed by atoms with Gasteiger partial charge in [-0.15, -0.1) is 0 Å². The quantitative estimate of drug-likeness (QED) is 0.509. The molecule has 0 aliphatic carbocycles. The number of aryl methyl sites for hydroxylation is 1. The van der Waals surface area contributed by atoms with Crippen LogP contribution in [0.1, 0.15) is 21.8 Å². The van der Waals surface area contributed by atoms with Gasteiger partial charge < -0.3 is 13.7 Å². The van der Waals surface area contributed by atoms with E-state index in [9.17, 15) is 9.59 Å². The predicted molar refractivity (Wildman–Crippen MR) is 98.3 cm³/mol. The molecule has 134 valence electrons. The molecule has 0 saturated carbocycles. The lowest BCUT2D eigenvalue weighted by atomic mass is 10.1. The summed E-state index contributed by atoms with van der Waals surface area (Å²) in [6, 6.07) is 17.5. The Morgan fingerprint density at radius 1 is 1.07 bits per heavy atom. The van der Waals surface area contributed by atoms with E-state index in [1.54, 1.807) is 24.3 Å². The van der Waals surface area contributed by atoms with Gasteiger partial charge in [-0.05, 0) is 19.1 Å². The molecule has 0 unspecified atom stereocenters. The van der Waals surface area contributed by atoms with Crippen LogP contribution < -0.4 is 5.43 Å². The van der Waals surface area contributed by atoms with Gasteiger partial charge in [0.25, 0.3) is 0 Å². The van der Waals surface area contributed by atoms with Gasteiger partial charge in [-0.25, -0.2) is 4.79 Å². The molecule has 0 saturated heterocycles. The molecule has 2 aromatic carbocycles. The molecular formula is C21H15NO5. The first-order chi connectivity index (χ1) is 13.1. The molecule has 0 radical (unpaired) electrons. The van der Waals surface area contributed by atoms with Crippen LogP contribution in [0.4, 0.5) is 0 Å². The van der Waals surface area contributed by atoms with Crippen LogP contribution in [-0.4, -0.2) is 11.1 Å². The monoisotopic (exact) mass is 361 g/mol. The number of carbonyl (C=O) groups excluding carboxylic acids is 1. The first-order valence-corrected chi connectivity index (χ1v) is 8.33. The Hall–Kier alpha value is -3.67. The number of nitrogens with zero attached hydrogens (tertiary/aromatic N) is 1. The van der Waals surface area contributed by atoms with Gasteiger partial charge in [0, 0.05) is 17.7 Å². The second-order valence-corrected chi connectivity index (χ2v) is 6.10. The second-order valence-electron chi connectivity index (χ2n) is 6.10. The summed E-state index contributed by atoms with van der Waals surface area (Å²) >= 11 is 0. The number of hydrogen-bond acceptors (Lipinski definition) is 6. The lowest BCUT2D eigenvalue weighted by Gasteiger charge is -2.04. The maximum atomic E-state index is 12.2. The number of benzene rings is 2. The zero-order chi connectivity index (χ0) is 18.8. The zero-order valence-corrected chi connectivity index (χ0v) is 14.5. The van der Waals surface area contributed by atoms with E-state index in [-0.39, 0.29) is 17.8 Å². The smallest absolute Gasteiger partial charge is 0.374 e. The molecule has 0 aliphatic rings. The van der Waals surface area contributed by atoms with Gasteiger partial charge in [0.15, 0.2) is 11.2 Å². The molecule has 6 heteroatoms. The Morgan fingerprint density at radius 3 is 2.70 bits per heavy atom. The summed E-state index contributed by atoms with van der Waals surface area (Å²) in [6.07, 6.45) is 0. The van der Waals surface area contributed by atoms with Gasteiger partial charge in [0.05, 0.1) is 5.39 Å². The zero-order valence-electron chi connectivity index (χ0n) is 14.5. The number of carbonyl (C=O) groups is 1. The van der Waals surface area contributed by atoms with Gasteiger partial charge in [-0.2, -0.15) is 0 Å². The fourth-order valence-corrected chi connectivity index (χ4v) is 2.70. The van der Waals surface area contributed by atoms with Crippen LogP contribution in [0.5, 0.6) is 0 Å². The molecule has 6 nitrogen and oxygen atoms in total. The highest BCUT2D eigenvalue weighted by atomic mass is 16.5. The highest BCUT2D eigenvalue weighted by Crippen LogP contribution is 2.20. The Morgan fingerprint density at radius 2 is 1.89 bits per heavy atom. The summed E-state index contributed by atoms with van der Waals surface area (Å²) in [5.41, 5.74) is 2.32. The van der Waals surface area contributed by atoms with E-state index in [1.165, 1.54) is 0 Å². The number of rotatable bonds is 4. The fraction of sp³-hybridized carbons (Fsp3) is 0.0952. The summed E-state index contributed by atoms with van der Waals surface area (Å²) in [7, 11) is 0. The van der Waals surface area contributed by atoms with E-state index >= 15 is 0 Å². The van der Waals surface area contributed by atoms with E-state index in [2.05, 4.69) is 5.16 Å². The molecule has 0 amide bonds. The first kappa shape index (κ1) is 16.8. The normalized spacial score (nSPS) is 10.9. The third-order valence-corrected chi connectivity index (χ3v) is 4.05. The van der Waals surface area contributed by atoms with Gasteiger partial charge in [0.1, 0.15) is 17.9 Å². The number of esters is 1. The molecule has 0 fully saturated rings. The summed E-state index contributed by atoms with van der Waals surface area (Å²) in [5, 5.41) is 4.32. The van der Waals surface area contributed by atoms with Crippen LogP contribution in [0.25, 0.3) is 22.3 Å². The second kappa shape index (κ2) is 6.92. The predicted octanol–water partition coefficient (Wildman–Crippen LogP) is 4.11. The van der Waals surface area contributed by atoms with Gasteiger partial charge in [-0.1, -0.05) is 47.1 Å². The summed E-state index contributed by atoms with van der Waals surface area (Å²) in [4.78, 5) is 24.4. The minimum absolute atomic E-state index is 0.0924. The Labute approximate surface area is 154 Å². The van der Waals surface area contributed by atoms with Crippen LogP contribution in [0.2, 0.25) is 0 Å². The van der Waals surface area contributed by atoms with Crippen LogP contribution in [0.3, 0.4) is 0 Å². The van der Waals surface area contributed by atoms with Crippen molar-refractivity contribution in [3.8, 4) is 11.3 Å². The highest BCUT2D eigenvalue weighted by Gasteiger charge is 2.15. The van der Waals surface area contributed by atoms with Crippen LogP contribution >= 0.6 is 0 Å². The maximum Gasteiger partial charge on any atom is 0.374 e. The lowest BCUT2D eigenvalue weighted by Crippen LogP contribution is -2.10. The van der Waals surface area contributed by atoms with Crippen molar-refractivity contribution < 1.29 is 18.5 Å². The summed E-state index contributed by atoms with van der Waals surface area (Å²) in [5.74, 6) is -0.309. The van der Waals surface area contributed by atoms with Crippen molar-refractivity contribution >= 4 is 16.9 Å². The Kier molecular flexibility index (Phi) is 4.30. The third kappa shape index (κ3) is 3.50. The van der Waals surface area contributed by atoms with Gasteiger partial charge >= 0.3 is 5.97 Å². The van der Waals surface area contributed by atoms with Crippen LogP contribution in [0.15, 0.2) is 74.4 Å². The molecular weight excluding hydrogens is 346 g/mol. The number of ether oxygens (including phenoxy) is 1. The van der Waals surface area contributed by atoms with E-state index in [4.69, 9.17) is 13.7 Å². The molecule has 0 spiro atoms. The number of aromatic nitrogens is 1. The van der Waals surface area contributed by atoms with Crippen LogP contribution in [-0.2, 0) is 11.3 Å². The largest absolute Gasteiger partial charge is 0.453 e. The van der Waals surface area contributed by atoms with Gasteiger partial charge in [0.2, 0.25) is 5.76 Å². The average Bonchev–Trinajstić information content (AvgIpc) is 3.16. The Bertz CT molecular complexity index is 1170. The van der Waals surface area contributed by atoms with E-state index in [0.29, 0.717) is 22.4 Å². The van der Waals surface area contributed by atoms with Crippen LogP contribution in [0, 0.1) is 6.92 Å². The molecule has 2 heterocycles. The lowest BCUT2D eigenvalue weighted by molar-refractivity contribution is 0.0428. The summed E-state index contributed by atoms with van der Waals surface area (Å²) in [6.45, 7) is 1.79. The molecule has 0 aliphatic heterocycles. The van der Waals surface area contributed by atoms with Crippen molar-refractivity contribution in [2.75, 3.05) is 0 Å². The molecule has 4 aromatic rings.